The Labute approximate surface area is 121 Å². The summed E-state index contributed by atoms with van der Waals surface area (Å²) in [5, 5.41) is 12.8. The summed E-state index contributed by atoms with van der Waals surface area (Å²) in [5.74, 6) is 0.711. The van der Waals surface area contributed by atoms with Gasteiger partial charge in [0.15, 0.2) is 0 Å². The number of carbonyl (C=O) groups is 1. The molecule has 1 aliphatic carbocycles. The van der Waals surface area contributed by atoms with E-state index in [1.807, 2.05) is 31.2 Å². The fourth-order valence-electron chi connectivity index (χ4n) is 2.98. The van der Waals surface area contributed by atoms with Gasteiger partial charge in [0.1, 0.15) is 0 Å². The van der Waals surface area contributed by atoms with Crippen LogP contribution < -0.4 is 5.32 Å². The number of hydrogen-bond donors (Lipinski definition) is 2. The molecule has 0 aliphatic heterocycles. The van der Waals surface area contributed by atoms with Crippen LogP contribution in [0.1, 0.15) is 43.7 Å². The number of aliphatic hydroxyl groups excluding tert-OH is 1. The van der Waals surface area contributed by atoms with E-state index in [-0.39, 0.29) is 12.5 Å². The fourth-order valence-corrected chi connectivity index (χ4v) is 2.98. The molecule has 0 aromatic heterocycles. The lowest BCUT2D eigenvalue weighted by molar-refractivity contribution is -0.123. The lowest BCUT2D eigenvalue weighted by Gasteiger charge is -2.38. The Morgan fingerprint density at radius 2 is 2.10 bits per heavy atom. The largest absolute Gasteiger partial charge is 0.394 e. The molecule has 0 atom stereocenters. The Balaban J connectivity index is 1.96. The van der Waals surface area contributed by atoms with E-state index in [0.717, 1.165) is 31.2 Å². The maximum Gasteiger partial charge on any atom is 0.224 e. The Morgan fingerprint density at radius 3 is 2.70 bits per heavy atom. The molecule has 1 fully saturated rings. The smallest absolute Gasteiger partial charge is 0.224 e. The molecule has 1 aliphatic rings. The Hall–Kier alpha value is -1.35. The van der Waals surface area contributed by atoms with Crippen molar-refractivity contribution in [3.05, 3.63) is 35.4 Å². The third-order valence-electron chi connectivity index (χ3n) is 4.39. The van der Waals surface area contributed by atoms with Gasteiger partial charge >= 0.3 is 0 Å². The van der Waals surface area contributed by atoms with E-state index in [4.69, 9.17) is 0 Å². The lowest BCUT2D eigenvalue weighted by Crippen LogP contribution is -2.53. The molecule has 1 aromatic rings. The van der Waals surface area contributed by atoms with Crippen molar-refractivity contribution in [2.75, 3.05) is 6.61 Å². The Bertz CT molecular complexity index is 462. The topological polar surface area (TPSA) is 49.3 Å². The number of nitrogens with one attached hydrogen (secondary N) is 1. The molecule has 0 radical (unpaired) electrons. The zero-order chi connectivity index (χ0) is 14.6. The molecule has 110 valence electrons. The number of benzene rings is 1. The number of rotatable bonds is 4. The van der Waals surface area contributed by atoms with Crippen LogP contribution in [-0.4, -0.2) is 23.2 Å². The molecule has 0 saturated heterocycles. The average Bonchev–Trinajstić information content (AvgIpc) is 2.41. The second-order valence-corrected chi connectivity index (χ2v) is 6.33. The van der Waals surface area contributed by atoms with Gasteiger partial charge < -0.3 is 10.4 Å². The second kappa shape index (κ2) is 6.40. The van der Waals surface area contributed by atoms with Crippen molar-refractivity contribution >= 4 is 5.91 Å². The molecule has 3 nitrogen and oxygen atoms in total. The molecule has 1 saturated carbocycles. The van der Waals surface area contributed by atoms with E-state index < -0.39 is 5.54 Å². The van der Waals surface area contributed by atoms with Crippen molar-refractivity contribution in [1.29, 1.82) is 0 Å². The van der Waals surface area contributed by atoms with Crippen LogP contribution in [0.15, 0.2) is 24.3 Å². The van der Waals surface area contributed by atoms with Gasteiger partial charge in [0, 0.05) is 0 Å². The minimum Gasteiger partial charge on any atom is -0.394 e. The summed E-state index contributed by atoms with van der Waals surface area (Å²) in [5.41, 5.74) is 1.80. The van der Waals surface area contributed by atoms with Gasteiger partial charge in [0.05, 0.1) is 18.6 Å². The normalized spacial score (nSPS) is 26.2. The Morgan fingerprint density at radius 1 is 1.40 bits per heavy atom. The van der Waals surface area contributed by atoms with Gasteiger partial charge in [-0.25, -0.2) is 0 Å². The molecule has 20 heavy (non-hydrogen) atoms. The van der Waals surface area contributed by atoms with Crippen molar-refractivity contribution in [2.24, 2.45) is 5.92 Å². The third-order valence-corrected chi connectivity index (χ3v) is 4.39. The summed E-state index contributed by atoms with van der Waals surface area (Å²) in [7, 11) is 0. The van der Waals surface area contributed by atoms with E-state index in [1.54, 1.807) is 0 Å². The first-order chi connectivity index (χ1) is 9.53. The quantitative estimate of drug-likeness (QED) is 0.887. The van der Waals surface area contributed by atoms with Crippen LogP contribution in [0.5, 0.6) is 0 Å². The van der Waals surface area contributed by atoms with Crippen molar-refractivity contribution in [3.8, 4) is 0 Å². The highest BCUT2D eigenvalue weighted by molar-refractivity contribution is 5.79. The zero-order valence-electron chi connectivity index (χ0n) is 12.5. The minimum absolute atomic E-state index is 0.0132. The minimum atomic E-state index is -0.395. The van der Waals surface area contributed by atoms with Crippen molar-refractivity contribution in [1.82, 2.24) is 5.32 Å². The monoisotopic (exact) mass is 275 g/mol. The van der Waals surface area contributed by atoms with E-state index in [9.17, 15) is 9.90 Å². The predicted octanol–water partition coefficient (Wildman–Crippen LogP) is 2.59. The SMILES string of the molecule is Cc1cccc(CC(=O)NC2(CO)CCC(C)CC2)c1. The number of carbonyl (C=O) groups excluding carboxylic acids is 1. The van der Waals surface area contributed by atoms with Gasteiger partial charge in [-0.3, -0.25) is 4.79 Å². The van der Waals surface area contributed by atoms with Gasteiger partial charge in [-0.1, -0.05) is 36.8 Å². The molecule has 1 aromatic carbocycles. The summed E-state index contributed by atoms with van der Waals surface area (Å²) in [6.07, 6.45) is 4.30. The van der Waals surface area contributed by atoms with Crippen LogP contribution in [0, 0.1) is 12.8 Å². The number of aliphatic hydroxyl groups is 1. The molecule has 2 rings (SSSR count). The first-order valence-corrected chi connectivity index (χ1v) is 7.50. The molecule has 2 N–H and O–H groups in total. The first kappa shape index (κ1) is 15.0. The molecular weight excluding hydrogens is 250 g/mol. The van der Waals surface area contributed by atoms with Crippen LogP contribution in [0.2, 0.25) is 0 Å². The fraction of sp³-hybridized carbons (Fsp3) is 0.588. The van der Waals surface area contributed by atoms with Crippen LogP contribution in [0.3, 0.4) is 0 Å². The first-order valence-electron chi connectivity index (χ1n) is 7.50. The predicted molar refractivity (Wildman–Crippen MR) is 80.5 cm³/mol. The molecule has 0 heterocycles. The summed E-state index contributed by atoms with van der Waals surface area (Å²) in [4.78, 5) is 12.2. The molecule has 0 bridgehead atoms. The second-order valence-electron chi connectivity index (χ2n) is 6.33. The highest BCUT2D eigenvalue weighted by Gasteiger charge is 2.34. The van der Waals surface area contributed by atoms with Crippen molar-refractivity contribution in [3.63, 3.8) is 0 Å². The van der Waals surface area contributed by atoms with Crippen LogP contribution in [0.25, 0.3) is 0 Å². The molecule has 0 spiro atoms. The van der Waals surface area contributed by atoms with E-state index in [2.05, 4.69) is 12.2 Å². The van der Waals surface area contributed by atoms with Gasteiger partial charge in [-0.05, 0) is 44.1 Å². The molecule has 0 unspecified atom stereocenters. The summed E-state index contributed by atoms with van der Waals surface area (Å²) < 4.78 is 0. The van der Waals surface area contributed by atoms with E-state index in [0.29, 0.717) is 12.3 Å². The van der Waals surface area contributed by atoms with Crippen molar-refractivity contribution < 1.29 is 9.90 Å². The van der Waals surface area contributed by atoms with E-state index >= 15 is 0 Å². The maximum absolute atomic E-state index is 12.2. The lowest BCUT2D eigenvalue weighted by atomic mass is 9.77. The zero-order valence-corrected chi connectivity index (χ0v) is 12.5. The maximum atomic E-state index is 12.2. The highest BCUT2D eigenvalue weighted by atomic mass is 16.3. The summed E-state index contributed by atoms with van der Waals surface area (Å²) >= 11 is 0. The standard InChI is InChI=1S/C17H25NO2/c1-13-6-8-17(12-19,9-7-13)18-16(20)11-15-5-3-4-14(2)10-15/h3-5,10,13,19H,6-9,11-12H2,1-2H3,(H,18,20). The highest BCUT2D eigenvalue weighted by Crippen LogP contribution is 2.31. The van der Waals surface area contributed by atoms with Gasteiger partial charge in [-0.2, -0.15) is 0 Å². The number of amides is 1. The van der Waals surface area contributed by atoms with Gasteiger partial charge in [0.25, 0.3) is 0 Å². The van der Waals surface area contributed by atoms with Gasteiger partial charge in [-0.15, -0.1) is 0 Å². The Kier molecular flexibility index (Phi) is 4.81. The van der Waals surface area contributed by atoms with E-state index in [1.165, 1.54) is 5.56 Å². The number of aryl methyl sites for hydroxylation is 1. The average molecular weight is 275 g/mol. The summed E-state index contributed by atoms with van der Waals surface area (Å²) in [6.45, 7) is 4.30. The number of hydrogen-bond acceptors (Lipinski definition) is 2. The van der Waals surface area contributed by atoms with Crippen molar-refractivity contribution in [2.45, 2.75) is 51.5 Å². The van der Waals surface area contributed by atoms with Crippen LogP contribution in [0.4, 0.5) is 0 Å². The third kappa shape index (κ3) is 3.83. The summed E-state index contributed by atoms with van der Waals surface area (Å²) in [6, 6.07) is 8.01. The molecule has 3 heteroatoms. The van der Waals surface area contributed by atoms with Crippen LogP contribution >= 0.6 is 0 Å². The van der Waals surface area contributed by atoms with Gasteiger partial charge in [0.2, 0.25) is 5.91 Å². The molecular formula is C17H25NO2. The van der Waals surface area contributed by atoms with Crippen LogP contribution in [-0.2, 0) is 11.2 Å². The molecule has 1 amide bonds.